The van der Waals surface area contributed by atoms with E-state index in [-0.39, 0.29) is 11.9 Å². The van der Waals surface area contributed by atoms with E-state index in [4.69, 9.17) is 11.5 Å². The van der Waals surface area contributed by atoms with Gasteiger partial charge in [0, 0.05) is 12.5 Å². The molecule has 0 aliphatic heterocycles. The molecule has 1 aliphatic carbocycles. The number of unbranched alkanes of at least 4 members (excludes halogenated alkanes) is 1. The van der Waals surface area contributed by atoms with Crippen LogP contribution in [0.4, 0.5) is 0 Å². The van der Waals surface area contributed by atoms with Gasteiger partial charge in [-0.1, -0.05) is 49.9 Å². The maximum Gasteiger partial charge on any atom is 0.217 e. The molecule has 0 spiro atoms. The van der Waals surface area contributed by atoms with E-state index in [2.05, 4.69) is 24.3 Å². The van der Waals surface area contributed by atoms with Crippen molar-refractivity contribution in [2.75, 3.05) is 0 Å². The minimum Gasteiger partial charge on any atom is -0.370 e. The summed E-state index contributed by atoms with van der Waals surface area (Å²) in [5, 5.41) is 0. The number of rotatable bonds is 7. The van der Waals surface area contributed by atoms with Crippen molar-refractivity contribution < 1.29 is 4.79 Å². The zero-order chi connectivity index (χ0) is 15.1. The first kappa shape index (κ1) is 16.0. The second-order valence-corrected chi connectivity index (χ2v) is 6.32. The van der Waals surface area contributed by atoms with Crippen LogP contribution in [0.2, 0.25) is 0 Å². The lowest BCUT2D eigenvalue weighted by Crippen LogP contribution is -2.12. The summed E-state index contributed by atoms with van der Waals surface area (Å²) in [4.78, 5) is 10.7. The number of amides is 1. The third-order valence-electron chi connectivity index (χ3n) is 4.63. The van der Waals surface area contributed by atoms with Crippen molar-refractivity contribution in [2.24, 2.45) is 11.5 Å². The van der Waals surface area contributed by atoms with Crippen LogP contribution >= 0.6 is 0 Å². The molecule has 1 atom stereocenters. The van der Waals surface area contributed by atoms with E-state index < -0.39 is 0 Å². The molecular formula is C18H28N2O. The zero-order valence-electron chi connectivity index (χ0n) is 12.9. The van der Waals surface area contributed by atoms with Gasteiger partial charge in [-0.3, -0.25) is 4.79 Å². The van der Waals surface area contributed by atoms with Crippen LogP contribution in [0.25, 0.3) is 0 Å². The van der Waals surface area contributed by atoms with Crippen LogP contribution in [0.3, 0.4) is 0 Å². The van der Waals surface area contributed by atoms with Crippen molar-refractivity contribution in [3.63, 3.8) is 0 Å². The van der Waals surface area contributed by atoms with Crippen LogP contribution in [-0.4, -0.2) is 5.91 Å². The summed E-state index contributed by atoms with van der Waals surface area (Å²) >= 11 is 0. The van der Waals surface area contributed by atoms with Gasteiger partial charge in [0.05, 0.1) is 0 Å². The third kappa shape index (κ3) is 5.16. The van der Waals surface area contributed by atoms with Gasteiger partial charge in [-0.25, -0.2) is 0 Å². The van der Waals surface area contributed by atoms with Gasteiger partial charge in [0.25, 0.3) is 0 Å². The molecule has 0 radical (unpaired) electrons. The summed E-state index contributed by atoms with van der Waals surface area (Å²) in [5.41, 5.74) is 14.0. The Morgan fingerprint density at radius 1 is 1.10 bits per heavy atom. The van der Waals surface area contributed by atoms with Gasteiger partial charge in [-0.2, -0.15) is 0 Å². The summed E-state index contributed by atoms with van der Waals surface area (Å²) in [5.74, 6) is 0.528. The van der Waals surface area contributed by atoms with Gasteiger partial charge < -0.3 is 11.5 Å². The first-order valence-corrected chi connectivity index (χ1v) is 8.30. The number of nitrogens with two attached hydrogens (primary N) is 2. The zero-order valence-corrected chi connectivity index (χ0v) is 12.9. The molecule has 1 aromatic rings. The predicted octanol–water partition coefficient (Wildman–Crippen LogP) is 3.78. The van der Waals surface area contributed by atoms with Crippen LogP contribution in [0.1, 0.15) is 80.9 Å². The van der Waals surface area contributed by atoms with Gasteiger partial charge >= 0.3 is 0 Å². The van der Waals surface area contributed by atoms with E-state index in [9.17, 15) is 4.79 Å². The van der Waals surface area contributed by atoms with Gasteiger partial charge in [0.1, 0.15) is 0 Å². The van der Waals surface area contributed by atoms with E-state index >= 15 is 0 Å². The fourth-order valence-corrected chi connectivity index (χ4v) is 3.28. The van der Waals surface area contributed by atoms with E-state index in [0.29, 0.717) is 6.42 Å². The number of carbonyl (C=O) groups excluding carboxylic acids is 1. The number of carbonyl (C=O) groups is 1. The van der Waals surface area contributed by atoms with Gasteiger partial charge in [0.2, 0.25) is 5.91 Å². The maximum absolute atomic E-state index is 10.7. The molecule has 1 fully saturated rings. The molecule has 0 heterocycles. The summed E-state index contributed by atoms with van der Waals surface area (Å²) in [6.07, 6.45) is 9.96. The molecule has 1 aliphatic rings. The van der Waals surface area contributed by atoms with Gasteiger partial charge in [-0.05, 0) is 42.7 Å². The highest BCUT2D eigenvalue weighted by molar-refractivity contribution is 5.73. The highest BCUT2D eigenvalue weighted by Crippen LogP contribution is 2.33. The molecule has 3 heteroatoms. The Morgan fingerprint density at radius 2 is 1.76 bits per heavy atom. The quantitative estimate of drug-likeness (QED) is 0.750. The summed E-state index contributed by atoms with van der Waals surface area (Å²) in [6.45, 7) is 0. The molecule has 21 heavy (non-hydrogen) atoms. The van der Waals surface area contributed by atoms with Crippen LogP contribution in [0.15, 0.2) is 24.3 Å². The number of hydrogen-bond donors (Lipinski definition) is 2. The Balaban J connectivity index is 1.81. The molecule has 116 valence electrons. The molecule has 1 aromatic carbocycles. The molecule has 0 saturated heterocycles. The smallest absolute Gasteiger partial charge is 0.217 e. The first-order valence-electron chi connectivity index (χ1n) is 8.30. The van der Waals surface area contributed by atoms with Crippen molar-refractivity contribution in [2.45, 2.75) is 69.7 Å². The SMILES string of the molecule is NC(=O)CCCCC(N)c1ccc(C2CCCCC2)cc1. The maximum atomic E-state index is 10.7. The normalized spacial score (nSPS) is 17.6. The van der Waals surface area contributed by atoms with Crippen LogP contribution < -0.4 is 11.5 Å². The lowest BCUT2D eigenvalue weighted by Gasteiger charge is -2.22. The fraction of sp³-hybridized carbons (Fsp3) is 0.611. The highest BCUT2D eigenvalue weighted by Gasteiger charge is 2.15. The Labute approximate surface area is 128 Å². The predicted molar refractivity (Wildman–Crippen MR) is 86.9 cm³/mol. The Hall–Kier alpha value is -1.35. The monoisotopic (exact) mass is 288 g/mol. The van der Waals surface area contributed by atoms with Crippen LogP contribution in [0, 0.1) is 0 Å². The molecule has 1 saturated carbocycles. The second kappa shape index (κ2) is 8.18. The Bertz CT molecular complexity index is 435. The molecule has 0 aromatic heterocycles. The lowest BCUT2D eigenvalue weighted by atomic mass is 9.83. The van der Waals surface area contributed by atoms with Crippen LogP contribution in [-0.2, 0) is 4.79 Å². The average Bonchev–Trinajstić information content (AvgIpc) is 2.52. The highest BCUT2D eigenvalue weighted by atomic mass is 16.1. The summed E-state index contributed by atoms with van der Waals surface area (Å²) < 4.78 is 0. The third-order valence-corrected chi connectivity index (χ3v) is 4.63. The average molecular weight is 288 g/mol. The van der Waals surface area contributed by atoms with E-state index in [1.807, 2.05) is 0 Å². The molecule has 3 nitrogen and oxygen atoms in total. The number of hydrogen-bond acceptors (Lipinski definition) is 2. The molecular weight excluding hydrogens is 260 g/mol. The van der Waals surface area contributed by atoms with Crippen molar-refractivity contribution in [3.05, 3.63) is 35.4 Å². The Morgan fingerprint density at radius 3 is 2.38 bits per heavy atom. The lowest BCUT2D eigenvalue weighted by molar-refractivity contribution is -0.118. The van der Waals surface area contributed by atoms with E-state index in [1.54, 1.807) is 0 Å². The van der Waals surface area contributed by atoms with Crippen LogP contribution in [0.5, 0.6) is 0 Å². The van der Waals surface area contributed by atoms with E-state index in [0.717, 1.165) is 25.2 Å². The van der Waals surface area contributed by atoms with Gasteiger partial charge in [0.15, 0.2) is 0 Å². The molecule has 1 unspecified atom stereocenters. The van der Waals surface area contributed by atoms with Crippen molar-refractivity contribution in [1.29, 1.82) is 0 Å². The molecule has 4 N–H and O–H groups in total. The topological polar surface area (TPSA) is 69.1 Å². The minimum absolute atomic E-state index is 0.0679. The molecule has 0 bridgehead atoms. The summed E-state index contributed by atoms with van der Waals surface area (Å²) in [6, 6.07) is 8.95. The fourth-order valence-electron chi connectivity index (χ4n) is 3.28. The molecule has 2 rings (SSSR count). The van der Waals surface area contributed by atoms with Crippen molar-refractivity contribution >= 4 is 5.91 Å². The minimum atomic E-state index is -0.222. The summed E-state index contributed by atoms with van der Waals surface area (Å²) in [7, 11) is 0. The van der Waals surface area contributed by atoms with Gasteiger partial charge in [-0.15, -0.1) is 0 Å². The Kier molecular flexibility index (Phi) is 6.24. The number of benzene rings is 1. The standard InChI is InChI=1S/C18H28N2O/c19-17(8-4-5-9-18(20)21)16-12-10-15(11-13-16)14-6-2-1-3-7-14/h10-14,17H,1-9,19H2,(H2,20,21). The van der Waals surface area contributed by atoms with Crippen molar-refractivity contribution in [3.8, 4) is 0 Å². The first-order chi connectivity index (χ1) is 10.2. The second-order valence-electron chi connectivity index (χ2n) is 6.32. The largest absolute Gasteiger partial charge is 0.370 e. The molecule has 1 amide bonds. The van der Waals surface area contributed by atoms with Crippen molar-refractivity contribution in [1.82, 2.24) is 0 Å². The number of primary amides is 1. The van der Waals surface area contributed by atoms with E-state index in [1.165, 1.54) is 43.2 Å².